The minimum Gasteiger partial charge on any atom is -0.337 e. The first-order valence-electron chi connectivity index (χ1n) is 10.5. The Morgan fingerprint density at radius 1 is 1.27 bits per heavy atom. The van der Waals surface area contributed by atoms with E-state index in [1.807, 2.05) is 42.5 Å². The van der Waals surface area contributed by atoms with Crippen LogP contribution in [0.2, 0.25) is 0 Å². The van der Waals surface area contributed by atoms with Crippen LogP contribution in [-0.2, 0) is 0 Å². The third kappa shape index (κ3) is 3.77. The monoisotopic (exact) mass is 424 g/mol. The van der Waals surface area contributed by atoms with Crippen molar-refractivity contribution < 1.29 is 4.79 Å². The molecule has 1 atom stereocenters. The molecule has 0 aromatic carbocycles. The standard InChI is InChI=1S/C22H28N6OS/c1-5-26(6-2)17-9-10-27(14-17)21(29)18-13-24-28(16(18)4)22-23-12-15(3)20(25-22)19-8-7-11-30-19/h7-8,11-13,17H,5-6,9-10,14H2,1-4H3. The molecule has 1 aliphatic heterocycles. The highest BCUT2D eigenvalue weighted by atomic mass is 32.1. The summed E-state index contributed by atoms with van der Waals surface area (Å²) >= 11 is 1.65. The van der Waals surface area contributed by atoms with Crippen molar-refractivity contribution in [3.05, 3.63) is 46.7 Å². The molecule has 1 unspecified atom stereocenters. The lowest BCUT2D eigenvalue weighted by Gasteiger charge is -2.26. The number of nitrogens with zero attached hydrogens (tertiary/aromatic N) is 6. The SMILES string of the molecule is CCN(CC)C1CCN(C(=O)c2cnn(-c3ncc(C)c(-c4cccs4)n3)c2C)C1. The van der Waals surface area contributed by atoms with Crippen molar-refractivity contribution in [1.29, 1.82) is 0 Å². The summed E-state index contributed by atoms with van der Waals surface area (Å²) in [6.45, 7) is 11.8. The van der Waals surface area contributed by atoms with Crippen LogP contribution in [0.15, 0.2) is 29.9 Å². The average Bonchev–Trinajstić information content (AvgIpc) is 3.50. The summed E-state index contributed by atoms with van der Waals surface area (Å²) in [6, 6.07) is 4.50. The number of rotatable bonds is 6. The lowest BCUT2D eigenvalue weighted by molar-refractivity contribution is 0.0777. The fourth-order valence-electron chi connectivity index (χ4n) is 4.15. The summed E-state index contributed by atoms with van der Waals surface area (Å²) in [5.74, 6) is 0.530. The van der Waals surface area contributed by atoms with Crippen LogP contribution in [0.4, 0.5) is 0 Å². The molecule has 0 bridgehead atoms. The second-order valence-electron chi connectivity index (χ2n) is 7.65. The van der Waals surface area contributed by atoms with Gasteiger partial charge >= 0.3 is 0 Å². The minimum absolute atomic E-state index is 0.0407. The van der Waals surface area contributed by atoms with Gasteiger partial charge in [-0.3, -0.25) is 9.69 Å². The summed E-state index contributed by atoms with van der Waals surface area (Å²) in [7, 11) is 0. The molecule has 158 valence electrons. The van der Waals surface area contributed by atoms with Gasteiger partial charge in [-0.15, -0.1) is 11.3 Å². The van der Waals surface area contributed by atoms with Gasteiger partial charge in [0.15, 0.2) is 0 Å². The molecule has 3 aromatic heterocycles. The fraction of sp³-hybridized carbons (Fsp3) is 0.455. The zero-order chi connectivity index (χ0) is 21.3. The van der Waals surface area contributed by atoms with E-state index in [0.717, 1.165) is 54.4 Å². The predicted octanol–water partition coefficient (Wildman–Crippen LogP) is 3.56. The first-order chi connectivity index (χ1) is 14.5. The fourth-order valence-corrected chi connectivity index (χ4v) is 4.93. The van der Waals surface area contributed by atoms with Crippen molar-refractivity contribution in [2.45, 2.75) is 40.2 Å². The Morgan fingerprint density at radius 3 is 2.77 bits per heavy atom. The van der Waals surface area contributed by atoms with E-state index in [1.165, 1.54) is 0 Å². The van der Waals surface area contributed by atoms with Crippen molar-refractivity contribution in [2.75, 3.05) is 26.2 Å². The molecule has 1 aliphatic rings. The first-order valence-corrected chi connectivity index (χ1v) is 11.4. The second-order valence-corrected chi connectivity index (χ2v) is 8.60. The zero-order valence-electron chi connectivity index (χ0n) is 18.0. The van der Waals surface area contributed by atoms with Gasteiger partial charge in [0.1, 0.15) is 0 Å². The highest BCUT2D eigenvalue weighted by Crippen LogP contribution is 2.26. The topological polar surface area (TPSA) is 67.2 Å². The van der Waals surface area contributed by atoms with Gasteiger partial charge in [-0.2, -0.15) is 5.10 Å². The molecule has 0 aliphatic carbocycles. The van der Waals surface area contributed by atoms with E-state index in [-0.39, 0.29) is 5.91 Å². The van der Waals surface area contributed by atoms with Crippen molar-refractivity contribution in [2.24, 2.45) is 0 Å². The molecule has 8 heteroatoms. The Hall–Kier alpha value is -2.58. The van der Waals surface area contributed by atoms with E-state index in [9.17, 15) is 4.79 Å². The molecule has 4 rings (SSSR count). The molecule has 1 amide bonds. The Morgan fingerprint density at radius 2 is 2.07 bits per heavy atom. The number of carbonyl (C=O) groups excluding carboxylic acids is 1. The summed E-state index contributed by atoms with van der Waals surface area (Å²) in [6.07, 6.45) is 4.48. The van der Waals surface area contributed by atoms with E-state index in [0.29, 0.717) is 17.6 Å². The van der Waals surface area contributed by atoms with E-state index in [4.69, 9.17) is 4.98 Å². The molecule has 30 heavy (non-hydrogen) atoms. The van der Waals surface area contributed by atoms with Gasteiger partial charge in [-0.1, -0.05) is 19.9 Å². The maximum Gasteiger partial charge on any atom is 0.257 e. The van der Waals surface area contributed by atoms with Crippen LogP contribution in [0.3, 0.4) is 0 Å². The van der Waals surface area contributed by atoms with Gasteiger partial charge in [0, 0.05) is 25.3 Å². The molecule has 0 saturated carbocycles. The third-order valence-electron chi connectivity index (χ3n) is 5.92. The number of aromatic nitrogens is 4. The summed E-state index contributed by atoms with van der Waals surface area (Å²) in [4.78, 5) is 27.9. The van der Waals surface area contributed by atoms with E-state index in [2.05, 4.69) is 28.8 Å². The van der Waals surface area contributed by atoms with Crippen LogP contribution in [0.25, 0.3) is 16.5 Å². The van der Waals surface area contributed by atoms with Crippen molar-refractivity contribution in [3.8, 4) is 16.5 Å². The van der Waals surface area contributed by atoms with Gasteiger partial charge in [0.05, 0.1) is 28.0 Å². The third-order valence-corrected chi connectivity index (χ3v) is 6.80. The zero-order valence-corrected chi connectivity index (χ0v) is 18.8. The van der Waals surface area contributed by atoms with Crippen LogP contribution in [0.1, 0.15) is 41.9 Å². The Labute approximate surface area is 181 Å². The van der Waals surface area contributed by atoms with Gasteiger partial charge in [-0.25, -0.2) is 14.6 Å². The van der Waals surface area contributed by atoms with E-state index in [1.54, 1.807) is 22.2 Å². The molecule has 1 saturated heterocycles. The number of likely N-dealkylation sites (N-methyl/N-ethyl adjacent to an activating group) is 1. The van der Waals surface area contributed by atoms with Crippen LogP contribution < -0.4 is 0 Å². The van der Waals surface area contributed by atoms with Crippen molar-refractivity contribution in [1.82, 2.24) is 29.5 Å². The van der Waals surface area contributed by atoms with Gasteiger partial charge < -0.3 is 4.90 Å². The Bertz CT molecular complexity index is 1020. The molecular weight excluding hydrogens is 396 g/mol. The number of hydrogen-bond acceptors (Lipinski definition) is 6. The highest BCUT2D eigenvalue weighted by molar-refractivity contribution is 7.13. The van der Waals surface area contributed by atoms with Crippen LogP contribution in [-0.4, -0.2) is 67.7 Å². The lowest BCUT2D eigenvalue weighted by Crippen LogP contribution is -2.38. The molecule has 7 nitrogen and oxygen atoms in total. The number of thiophene rings is 1. The highest BCUT2D eigenvalue weighted by Gasteiger charge is 2.31. The van der Waals surface area contributed by atoms with Gasteiger partial charge in [0.25, 0.3) is 11.9 Å². The smallest absolute Gasteiger partial charge is 0.257 e. The molecule has 0 N–H and O–H groups in total. The number of carbonyl (C=O) groups is 1. The van der Waals surface area contributed by atoms with Crippen LogP contribution in [0.5, 0.6) is 0 Å². The molecule has 3 aromatic rings. The van der Waals surface area contributed by atoms with Gasteiger partial charge in [0.2, 0.25) is 0 Å². The van der Waals surface area contributed by atoms with Crippen LogP contribution in [0, 0.1) is 13.8 Å². The predicted molar refractivity (Wildman–Crippen MR) is 119 cm³/mol. The molecular formula is C22H28N6OS. The molecule has 0 radical (unpaired) electrons. The van der Waals surface area contributed by atoms with E-state index >= 15 is 0 Å². The normalized spacial score (nSPS) is 16.6. The number of likely N-dealkylation sites (tertiary alicyclic amines) is 1. The number of amides is 1. The Balaban J connectivity index is 1.58. The van der Waals surface area contributed by atoms with Crippen molar-refractivity contribution in [3.63, 3.8) is 0 Å². The first kappa shape index (κ1) is 20.7. The lowest BCUT2D eigenvalue weighted by atomic mass is 10.2. The molecule has 0 spiro atoms. The van der Waals surface area contributed by atoms with Crippen molar-refractivity contribution >= 4 is 17.2 Å². The number of hydrogen-bond donors (Lipinski definition) is 0. The van der Waals surface area contributed by atoms with Crippen LogP contribution >= 0.6 is 11.3 Å². The Kier molecular flexibility index (Phi) is 5.97. The molecule has 4 heterocycles. The summed E-state index contributed by atoms with van der Waals surface area (Å²) in [5.41, 5.74) is 3.31. The largest absolute Gasteiger partial charge is 0.337 e. The average molecular weight is 425 g/mol. The summed E-state index contributed by atoms with van der Waals surface area (Å²) in [5, 5.41) is 6.49. The number of aryl methyl sites for hydroxylation is 1. The minimum atomic E-state index is 0.0407. The maximum atomic E-state index is 13.2. The quantitative estimate of drug-likeness (QED) is 0.605. The maximum absolute atomic E-state index is 13.2. The molecule has 1 fully saturated rings. The van der Waals surface area contributed by atoms with E-state index < -0.39 is 0 Å². The second kappa shape index (κ2) is 8.65. The van der Waals surface area contributed by atoms with Gasteiger partial charge in [-0.05, 0) is 50.4 Å². The summed E-state index contributed by atoms with van der Waals surface area (Å²) < 4.78 is 1.67.